The molecular formula is C11H22N4S2. The van der Waals surface area contributed by atoms with Gasteiger partial charge >= 0.3 is 0 Å². The van der Waals surface area contributed by atoms with E-state index in [0.717, 1.165) is 18.3 Å². The summed E-state index contributed by atoms with van der Waals surface area (Å²) in [5.41, 5.74) is 0.326. The summed E-state index contributed by atoms with van der Waals surface area (Å²) in [6.07, 6.45) is 0. The largest absolute Gasteiger partial charge is 0.357 e. The third-order valence-corrected chi connectivity index (χ3v) is 5.75. The van der Waals surface area contributed by atoms with Crippen LogP contribution in [0.15, 0.2) is 4.99 Å². The van der Waals surface area contributed by atoms with E-state index < -0.39 is 0 Å². The van der Waals surface area contributed by atoms with E-state index in [1.807, 2.05) is 10.8 Å². The smallest absolute Gasteiger partial charge is 0.172 e. The second-order valence-electron chi connectivity index (χ2n) is 4.98. The van der Waals surface area contributed by atoms with E-state index in [0.29, 0.717) is 11.5 Å². The first-order valence-corrected chi connectivity index (χ1v) is 8.36. The maximum absolute atomic E-state index is 4.76. The zero-order chi connectivity index (χ0) is 12.4. The van der Waals surface area contributed by atoms with Crippen molar-refractivity contribution in [3.63, 3.8) is 0 Å². The zero-order valence-corrected chi connectivity index (χ0v) is 12.7. The van der Waals surface area contributed by atoms with Crippen LogP contribution in [0.3, 0.4) is 0 Å². The predicted octanol–water partition coefficient (Wildman–Crippen LogP) is 1.61. The second-order valence-corrected chi connectivity index (χ2v) is 7.20. The van der Waals surface area contributed by atoms with Crippen LogP contribution in [0.2, 0.25) is 0 Å². The van der Waals surface area contributed by atoms with Gasteiger partial charge in [-0.25, -0.2) is 4.99 Å². The molecule has 0 aliphatic carbocycles. The van der Waals surface area contributed by atoms with Gasteiger partial charge in [-0.05, 0) is 35.4 Å². The van der Waals surface area contributed by atoms with Crippen LogP contribution in [0, 0.1) is 0 Å². The number of nitrogens with zero attached hydrogens (tertiary/aromatic N) is 4. The molecule has 0 saturated carbocycles. The van der Waals surface area contributed by atoms with Crippen LogP contribution >= 0.6 is 21.6 Å². The van der Waals surface area contributed by atoms with Crippen molar-refractivity contribution >= 4 is 26.8 Å². The highest BCUT2D eigenvalue weighted by Crippen LogP contribution is 2.38. The standard InChI is InChI=1S/C11H22N4S2/c1-9(2)14-5-7-15(8-6-14)11-12-10(13(3)4)16-17-11/h9,11H,5-8H2,1-4H3. The van der Waals surface area contributed by atoms with E-state index in [4.69, 9.17) is 4.99 Å². The van der Waals surface area contributed by atoms with Gasteiger partial charge in [-0.2, -0.15) is 0 Å². The third-order valence-electron chi connectivity index (χ3n) is 3.20. The molecule has 0 N–H and O–H groups in total. The van der Waals surface area contributed by atoms with Crippen LogP contribution in [0.4, 0.5) is 0 Å². The molecule has 2 heterocycles. The molecule has 1 saturated heterocycles. The molecule has 0 aromatic rings. The first-order chi connectivity index (χ1) is 8.08. The molecule has 4 nitrogen and oxygen atoms in total. The number of piperazine rings is 1. The Morgan fingerprint density at radius 1 is 1.24 bits per heavy atom. The Kier molecular flexibility index (Phi) is 4.63. The molecule has 2 aliphatic heterocycles. The summed E-state index contributed by atoms with van der Waals surface area (Å²) in [6.45, 7) is 9.18. The number of aliphatic imine (C=N–C) groups is 1. The van der Waals surface area contributed by atoms with Crippen LogP contribution in [-0.4, -0.2) is 71.7 Å². The fourth-order valence-corrected chi connectivity index (χ4v) is 4.62. The molecule has 0 radical (unpaired) electrons. The van der Waals surface area contributed by atoms with Gasteiger partial charge in [0.25, 0.3) is 0 Å². The highest BCUT2D eigenvalue weighted by Gasteiger charge is 2.29. The lowest BCUT2D eigenvalue weighted by Crippen LogP contribution is -2.50. The van der Waals surface area contributed by atoms with E-state index in [1.165, 1.54) is 13.1 Å². The number of amidine groups is 1. The Morgan fingerprint density at radius 3 is 2.35 bits per heavy atom. The maximum atomic E-state index is 4.76. The van der Waals surface area contributed by atoms with Gasteiger partial charge in [0, 0.05) is 46.3 Å². The topological polar surface area (TPSA) is 22.1 Å². The van der Waals surface area contributed by atoms with Crippen LogP contribution in [0.1, 0.15) is 13.8 Å². The van der Waals surface area contributed by atoms with Gasteiger partial charge in [0.1, 0.15) is 0 Å². The summed E-state index contributed by atoms with van der Waals surface area (Å²) in [5, 5.41) is 1.14. The van der Waals surface area contributed by atoms with Crippen molar-refractivity contribution in [1.29, 1.82) is 0 Å². The quantitative estimate of drug-likeness (QED) is 0.712. The van der Waals surface area contributed by atoms with Crippen LogP contribution in [0.25, 0.3) is 0 Å². The van der Waals surface area contributed by atoms with Gasteiger partial charge in [-0.1, -0.05) is 0 Å². The minimum absolute atomic E-state index is 0.326. The Morgan fingerprint density at radius 2 is 1.88 bits per heavy atom. The van der Waals surface area contributed by atoms with Crippen molar-refractivity contribution in [2.45, 2.75) is 25.4 Å². The molecule has 0 bridgehead atoms. The monoisotopic (exact) mass is 274 g/mol. The lowest BCUT2D eigenvalue weighted by molar-refractivity contribution is 0.103. The van der Waals surface area contributed by atoms with E-state index >= 15 is 0 Å². The molecule has 1 unspecified atom stereocenters. The average Bonchev–Trinajstić information content (AvgIpc) is 2.78. The lowest BCUT2D eigenvalue weighted by atomic mass is 10.2. The fraction of sp³-hybridized carbons (Fsp3) is 0.909. The first-order valence-electron chi connectivity index (χ1n) is 6.14. The number of hydrogen-bond donors (Lipinski definition) is 0. The number of rotatable bonds is 2. The molecule has 0 amide bonds. The molecule has 0 spiro atoms. The summed E-state index contributed by atoms with van der Waals surface area (Å²) < 4.78 is 0. The van der Waals surface area contributed by atoms with Crippen molar-refractivity contribution in [1.82, 2.24) is 14.7 Å². The average molecular weight is 274 g/mol. The van der Waals surface area contributed by atoms with Gasteiger partial charge in [-0.3, -0.25) is 9.80 Å². The molecule has 2 aliphatic rings. The Bertz CT molecular complexity index is 285. The normalized spacial score (nSPS) is 27.6. The van der Waals surface area contributed by atoms with E-state index in [2.05, 4.69) is 42.6 Å². The second kappa shape index (κ2) is 5.82. The van der Waals surface area contributed by atoms with Crippen LogP contribution in [0.5, 0.6) is 0 Å². The van der Waals surface area contributed by atoms with Crippen molar-refractivity contribution < 1.29 is 0 Å². The van der Waals surface area contributed by atoms with Gasteiger partial charge in [-0.15, -0.1) is 0 Å². The minimum Gasteiger partial charge on any atom is -0.357 e. The van der Waals surface area contributed by atoms with E-state index in [9.17, 15) is 0 Å². The first kappa shape index (κ1) is 13.5. The number of hydrogen-bond acceptors (Lipinski definition) is 6. The van der Waals surface area contributed by atoms with Crippen molar-refractivity contribution in [3.8, 4) is 0 Å². The Hall–Kier alpha value is 0.0900. The van der Waals surface area contributed by atoms with Gasteiger partial charge in [0.05, 0.1) is 0 Å². The van der Waals surface area contributed by atoms with Gasteiger partial charge in [0.15, 0.2) is 10.7 Å². The fourth-order valence-electron chi connectivity index (χ4n) is 2.03. The van der Waals surface area contributed by atoms with Crippen molar-refractivity contribution in [2.24, 2.45) is 4.99 Å². The zero-order valence-electron chi connectivity index (χ0n) is 11.1. The lowest BCUT2D eigenvalue weighted by Gasteiger charge is -2.38. The van der Waals surface area contributed by atoms with Crippen LogP contribution < -0.4 is 0 Å². The van der Waals surface area contributed by atoms with Gasteiger partial charge < -0.3 is 4.90 Å². The summed E-state index contributed by atoms with van der Waals surface area (Å²) >= 11 is 0. The minimum atomic E-state index is 0.326. The van der Waals surface area contributed by atoms with Crippen molar-refractivity contribution in [3.05, 3.63) is 0 Å². The highest BCUT2D eigenvalue weighted by molar-refractivity contribution is 8.82. The molecule has 2 rings (SSSR count). The summed E-state index contributed by atoms with van der Waals surface area (Å²) in [7, 11) is 7.79. The molecule has 0 aromatic carbocycles. The van der Waals surface area contributed by atoms with Crippen LogP contribution in [-0.2, 0) is 0 Å². The third kappa shape index (κ3) is 3.30. The molecule has 1 fully saturated rings. The molecular weight excluding hydrogens is 252 g/mol. The molecule has 17 heavy (non-hydrogen) atoms. The van der Waals surface area contributed by atoms with Crippen molar-refractivity contribution in [2.75, 3.05) is 40.3 Å². The van der Waals surface area contributed by atoms with E-state index in [1.54, 1.807) is 10.8 Å². The molecule has 98 valence electrons. The summed E-state index contributed by atoms with van der Waals surface area (Å²) in [5.74, 6) is 0. The predicted molar refractivity (Wildman–Crippen MR) is 78.4 cm³/mol. The van der Waals surface area contributed by atoms with Gasteiger partial charge in [0.2, 0.25) is 0 Å². The molecule has 1 atom stereocenters. The molecule has 6 heteroatoms. The highest BCUT2D eigenvalue weighted by atomic mass is 33.1. The van der Waals surface area contributed by atoms with E-state index in [-0.39, 0.29) is 0 Å². The Labute approximate surface area is 112 Å². The molecule has 0 aromatic heterocycles. The maximum Gasteiger partial charge on any atom is 0.172 e. The SMILES string of the molecule is CC(C)N1CCN(C2N=C(N(C)C)SS2)CC1. The summed E-state index contributed by atoms with van der Waals surface area (Å²) in [6, 6.07) is 0.670. The Balaban J connectivity index is 1.86. The summed E-state index contributed by atoms with van der Waals surface area (Å²) in [4.78, 5) is 11.9.